The van der Waals surface area contributed by atoms with Crippen LogP contribution in [0.4, 0.5) is 4.39 Å². The number of aromatic amines is 1. The molecular formula is C19H21FN2O. The molecule has 4 heteroatoms. The molecule has 1 heterocycles. The molecule has 0 unspecified atom stereocenters. The number of nitrogens with one attached hydrogen (secondary N) is 1. The number of halogens is 1. The van der Waals surface area contributed by atoms with Gasteiger partial charge in [0.25, 0.3) is 0 Å². The van der Waals surface area contributed by atoms with Gasteiger partial charge in [-0.2, -0.15) is 0 Å². The van der Waals surface area contributed by atoms with Crippen LogP contribution in [0.5, 0.6) is 5.75 Å². The highest BCUT2D eigenvalue weighted by Crippen LogP contribution is 2.31. The molecule has 0 aliphatic carbocycles. The van der Waals surface area contributed by atoms with E-state index in [1.54, 1.807) is 6.07 Å². The highest BCUT2D eigenvalue weighted by Gasteiger charge is 2.14. The molecule has 0 amide bonds. The zero-order chi connectivity index (χ0) is 16.2. The lowest BCUT2D eigenvalue weighted by molar-refractivity contribution is 0.309. The molecule has 0 aliphatic heterocycles. The Bertz CT molecular complexity index is 781. The van der Waals surface area contributed by atoms with Gasteiger partial charge in [0.15, 0.2) is 0 Å². The van der Waals surface area contributed by atoms with Crippen molar-refractivity contribution in [1.82, 2.24) is 9.88 Å². The van der Waals surface area contributed by atoms with Crippen molar-refractivity contribution in [1.29, 1.82) is 0 Å². The van der Waals surface area contributed by atoms with E-state index in [2.05, 4.69) is 9.88 Å². The lowest BCUT2D eigenvalue weighted by Gasteiger charge is -2.11. The molecule has 3 rings (SSSR count). The number of benzene rings is 2. The average molecular weight is 312 g/mol. The fourth-order valence-corrected chi connectivity index (χ4v) is 2.65. The van der Waals surface area contributed by atoms with Crippen LogP contribution in [0.25, 0.3) is 10.9 Å². The Labute approximate surface area is 135 Å². The second-order valence-electron chi connectivity index (χ2n) is 5.94. The van der Waals surface area contributed by atoms with E-state index in [0.717, 1.165) is 35.2 Å². The average Bonchev–Trinajstić information content (AvgIpc) is 2.98. The van der Waals surface area contributed by atoms with E-state index >= 15 is 0 Å². The van der Waals surface area contributed by atoms with E-state index in [0.29, 0.717) is 12.1 Å². The molecule has 0 saturated heterocycles. The van der Waals surface area contributed by atoms with Crippen molar-refractivity contribution in [3.63, 3.8) is 0 Å². The predicted octanol–water partition coefficient (Wildman–Crippen LogP) is 3.99. The molecule has 0 bridgehead atoms. The summed E-state index contributed by atoms with van der Waals surface area (Å²) in [4.78, 5) is 5.16. The second-order valence-corrected chi connectivity index (χ2v) is 5.94. The number of H-pyrrole nitrogens is 1. The van der Waals surface area contributed by atoms with Gasteiger partial charge in [-0.1, -0.05) is 30.3 Å². The first-order chi connectivity index (χ1) is 11.1. The van der Waals surface area contributed by atoms with Crippen LogP contribution >= 0.6 is 0 Å². The third-order valence-corrected chi connectivity index (χ3v) is 3.89. The number of hydrogen-bond donors (Lipinski definition) is 1. The molecule has 3 aromatic rings. The van der Waals surface area contributed by atoms with Crippen LogP contribution in [0.15, 0.2) is 48.7 Å². The van der Waals surface area contributed by atoms with Crippen LogP contribution < -0.4 is 4.74 Å². The third kappa shape index (κ3) is 3.54. The van der Waals surface area contributed by atoms with Crippen LogP contribution in [0.3, 0.4) is 0 Å². The van der Waals surface area contributed by atoms with Crippen molar-refractivity contribution in [3.8, 4) is 5.75 Å². The normalized spacial score (nSPS) is 11.3. The first kappa shape index (κ1) is 15.6. The Balaban J connectivity index is 1.89. The minimum Gasteiger partial charge on any atom is -0.488 e. The van der Waals surface area contributed by atoms with E-state index in [9.17, 15) is 4.39 Å². The molecule has 0 aliphatic rings. The Kier molecular flexibility index (Phi) is 4.63. The number of fused-ring (bicyclic) bond motifs is 1. The van der Waals surface area contributed by atoms with Crippen molar-refractivity contribution in [3.05, 3.63) is 65.6 Å². The molecule has 0 spiro atoms. The predicted molar refractivity (Wildman–Crippen MR) is 91.3 cm³/mol. The Hall–Kier alpha value is -2.33. The molecule has 2 aromatic carbocycles. The minimum absolute atomic E-state index is 0.247. The van der Waals surface area contributed by atoms with Gasteiger partial charge in [0, 0.05) is 18.1 Å². The second kappa shape index (κ2) is 6.84. The summed E-state index contributed by atoms with van der Waals surface area (Å²) in [6, 6.07) is 13.2. The number of aromatic nitrogens is 1. The zero-order valence-electron chi connectivity index (χ0n) is 13.5. The fourth-order valence-electron chi connectivity index (χ4n) is 2.65. The molecule has 3 nitrogen and oxygen atoms in total. The van der Waals surface area contributed by atoms with Crippen LogP contribution in [0.1, 0.15) is 11.1 Å². The van der Waals surface area contributed by atoms with Crippen molar-refractivity contribution >= 4 is 10.9 Å². The van der Waals surface area contributed by atoms with Crippen molar-refractivity contribution < 1.29 is 9.13 Å². The largest absolute Gasteiger partial charge is 0.488 e. The van der Waals surface area contributed by atoms with Crippen molar-refractivity contribution in [2.45, 2.75) is 13.0 Å². The molecule has 0 saturated carbocycles. The van der Waals surface area contributed by atoms with E-state index in [1.807, 2.05) is 50.6 Å². The quantitative estimate of drug-likeness (QED) is 0.745. The lowest BCUT2D eigenvalue weighted by Crippen LogP contribution is -2.14. The topological polar surface area (TPSA) is 28.3 Å². The molecule has 120 valence electrons. The summed E-state index contributed by atoms with van der Waals surface area (Å²) in [7, 11) is 4.06. The maximum Gasteiger partial charge on any atom is 0.147 e. The smallest absolute Gasteiger partial charge is 0.147 e. The van der Waals surface area contributed by atoms with Gasteiger partial charge >= 0.3 is 0 Å². The van der Waals surface area contributed by atoms with Gasteiger partial charge < -0.3 is 14.6 Å². The zero-order valence-corrected chi connectivity index (χ0v) is 13.5. The van der Waals surface area contributed by atoms with Crippen molar-refractivity contribution in [2.75, 3.05) is 20.6 Å². The van der Waals surface area contributed by atoms with Gasteiger partial charge in [0.05, 0.1) is 5.52 Å². The van der Waals surface area contributed by atoms with Crippen LogP contribution in [-0.4, -0.2) is 30.5 Å². The summed E-state index contributed by atoms with van der Waals surface area (Å²) in [5.41, 5.74) is 2.69. The number of rotatable bonds is 6. The summed E-state index contributed by atoms with van der Waals surface area (Å²) in [6.07, 6.45) is 2.73. The number of ether oxygens (including phenoxy) is 1. The third-order valence-electron chi connectivity index (χ3n) is 3.89. The van der Waals surface area contributed by atoms with Crippen LogP contribution in [-0.2, 0) is 13.0 Å². The summed E-state index contributed by atoms with van der Waals surface area (Å²) in [5, 5.41) is 0.850. The van der Waals surface area contributed by atoms with E-state index in [-0.39, 0.29) is 5.82 Å². The SMILES string of the molecule is CN(C)CCc1c[nH]c2c(F)ccc(OCc3ccccc3)c12. The highest BCUT2D eigenvalue weighted by atomic mass is 19.1. The standard InChI is InChI=1S/C19H21FN2O/c1-22(2)11-10-15-12-21-19-16(20)8-9-17(18(15)19)23-13-14-6-4-3-5-7-14/h3-9,12,21H,10-11,13H2,1-2H3. The number of hydrogen-bond acceptors (Lipinski definition) is 2. The van der Waals surface area contributed by atoms with Gasteiger partial charge in [0.1, 0.15) is 18.2 Å². The maximum absolute atomic E-state index is 14.0. The fraction of sp³-hybridized carbons (Fsp3) is 0.263. The summed E-state index contributed by atoms with van der Waals surface area (Å²) >= 11 is 0. The Morgan fingerprint density at radius 3 is 2.61 bits per heavy atom. The van der Waals surface area contributed by atoms with Gasteiger partial charge in [-0.25, -0.2) is 4.39 Å². The molecule has 1 aromatic heterocycles. The van der Waals surface area contributed by atoms with E-state index < -0.39 is 0 Å². The molecule has 0 atom stereocenters. The number of nitrogens with zero attached hydrogens (tertiary/aromatic N) is 1. The first-order valence-electron chi connectivity index (χ1n) is 7.75. The summed E-state index contributed by atoms with van der Waals surface area (Å²) in [6.45, 7) is 1.38. The maximum atomic E-state index is 14.0. The summed E-state index contributed by atoms with van der Waals surface area (Å²) < 4.78 is 20.0. The minimum atomic E-state index is -0.247. The summed E-state index contributed by atoms with van der Waals surface area (Å²) in [5.74, 6) is 0.475. The lowest BCUT2D eigenvalue weighted by atomic mass is 10.1. The van der Waals surface area contributed by atoms with E-state index in [4.69, 9.17) is 4.74 Å². The first-order valence-corrected chi connectivity index (χ1v) is 7.75. The molecule has 0 fully saturated rings. The van der Waals surface area contributed by atoms with Crippen molar-refractivity contribution in [2.24, 2.45) is 0 Å². The molecular weight excluding hydrogens is 291 g/mol. The van der Waals surface area contributed by atoms with Gasteiger partial charge in [-0.15, -0.1) is 0 Å². The molecule has 0 radical (unpaired) electrons. The number of likely N-dealkylation sites (N-methyl/N-ethyl adjacent to an activating group) is 1. The Morgan fingerprint density at radius 2 is 1.87 bits per heavy atom. The van der Waals surface area contributed by atoms with Crippen LogP contribution in [0.2, 0.25) is 0 Å². The Morgan fingerprint density at radius 1 is 1.09 bits per heavy atom. The van der Waals surface area contributed by atoms with Gasteiger partial charge in [0.2, 0.25) is 0 Å². The molecule has 23 heavy (non-hydrogen) atoms. The van der Waals surface area contributed by atoms with Gasteiger partial charge in [-0.3, -0.25) is 0 Å². The van der Waals surface area contributed by atoms with Crippen LogP contribution in [0, 0.1) is 5.82 Å². The van der Waals surface area contributed by atoms with E-state index in [1.165, 1.54) is 6.07 Å². The monoisotopic (exact) mass is 312 g/mol. The molecule has 1 N–H and O–H groups in total. The van der Waals surface area contributed by atoms with Gasteiger partial charge in [-0.05, 0) is 43.8 Å². The highest BCUT2D eigenvalue weighted by molar-refractivity contribution is 5.89.